The number of benzene rings is 1. The molecule has 0 heterocycles. The van der Waals surface area contributed by atoms with Gasteiger partial charge in [0.05, 0.1) is 0 Å². The second-order valence-corrected chi connectivity index (χ2v) is 4.54. The van der Waals surface area contributed by atoms with Crippen molar-refractivity contribution < 1.29 is 5.11 Å². The minimum Gasteiger partial charge on any atom is -0.508 e. The van der Waals surface area contributed by atoms with E-state index in [1.807, 2.05) is 12.1 Å². The van der Waals surface area contributed by atoms with Gasteiger partial charge in [-0.1, -0.05) is 57.6 Å². The van der Waals surface area contributed by atoms with Crippen LogP contribution in [0.15, 0.2) is 24.3 Å². The second-order valence-electron chi connectivity index (χ2n) is 4.54. The fraction of sp³-hybridized carbons (Fsp3) is 0.600. The third-order valence-electron chi connectivity index (χ3n) is 3.01. The minimum atomic E-state index is 0. The highest BCUT2D eigenvalue weighted by molar-refractivity contribution is 5.75. The van der Waals surface area contributed by atoms with Gasteiger partial charge in [-0.3, -0.25) is 0 Å². The van der Waals surface area contributed by atoms with E-state index in [0.717, 1.165) is 6.42 Å². The molecule has 0 aliphatic heterocycles. The van der Waals surface area contributed by atoms with Crippen molar-refractivity contribution in [2.24, 2.45) is 0 Å². The van der Waals surface area contributed by atoms with Crippen LogP contribution in [0, 0.1) is 0 Å². The van der Waals surface area contributed by atoms with E-state index in [9.17, 15) is 0 Å². The smallest absolute Gasteiger partial charge is 0.187 e. The number of hydrogen-bond donors (Lipinski definition) is 1. The molecular formula is C15H27AlO. The number of aromatic hydroxyl groups is 1. The Morgan fingerprint density at radius 3 is 1.94 bits per heavy atom. The fourth-order valence-corrected chi connectivity index (χ4v) is 1.95. The molecule has 0 fully saturated rings. The zero-order chi connectivity index (χ0) is 11.6. The summed E-state index contributed by atoms with van der Waals surface area (Å²) in [7, 11) is 0. The largest absolute Gasteiger partial charge is 0.508 e. The maximum absolute atomic E-state index is 9.15. The molecule has 0 saturated heterocycles. The Bertz CT molecular complexity index is 269. The van der Waals surface area contributed by atoms with Crippen LogP contribution < -0.4 is 0 Å². The summed E-state index contributed by atoms with van der Waals surface area (Å²) in [6.07, 6.45) is 10.6. The van der Waals surface area contributed by atoms with Crippen LogP contribution in [-0.4, -0.2) is 22.5 Å². The maximum Gasteiger partial charge on any atom is 0.187 e. The Morgan fingerprint density at radius 1 is 0.824 bits per heavy atom. The summed E-state index contributed by atoms with van der Waals surface area (Å²) in [6.45, 7) is 2.25. The lowest BCUT2D eigenvalue weighted by Crippen LogP contribution is -1.85. The first-order valence-corrected chi connectivity index (χ1v) is 6.61. The van der Waals surface area contributed by atoms with Crippen molar-refractivity contribution >= 4 is 17.4 Å². The average molecular weight is 250 g/mol. The van der Waals surface area contributed by atoms with Crippen LogP contribution in [0.3, 0.4) is 0 Å². The summed E-state index contributed by atoms with van der Waals surface area (Å²) in [5.41, 5.74) is 1.34. The third-order valence-corrected chi connectivity index (χ3v) is 3.01. The van der Waals surface area contributed by atoms with Gasteiger partial charge in [-0.15, -0.1) is 0 Å². The molecule has 0 aliphatic carbocycles. The maximum atomic E-state index is 9.15. The molecule has 1 aromatic carbocycles. The quantitative estimate of drug-likeness (QED) is 0.553. The number of aryl methyl sites for hydroxylation is 1. The first kappa shape index (κ1) is 16.6. The highest BCUT2D eigenvalue weighted by Crippen LogP contribution is 2.13. The monoisotopic (exact) mass is 250 g/mol. The Labute approximate surface area is 116 Å². The van der Waals surface area contributed by atoms with Crippen LogP contribution in [-0.2, 0) is 6.42 Å². The molecule has 0 radical (unpaired) electrons. The highest BCUT2D eigenvalue weighted by Gasteiger charge is 1.94. The molecule has 1 nitrogen and oxygen atoms in total. The summed E-state index contributed by atoms with van der Waals surface area (Å²) in [4.78, 5) is 0. The van der Waals surface area contributed by atoms with Crippen molar-refractivity contribution in [2.45, 2.75) is 58.3 Å². The Hall–Kier alpha value is -0.448. The van der Waals surface area contributed by atoms with Crippen molar-refractivity contribution in [1.29, 1.82) is 0 Å². The lowest BCUT2D eigenvalue weighted by molar-refractivity contribution is 0.475. The Morgan fingerprint density at radius 2 is 1.35 bits per heavy atom. The molecule has 1 N–H and O–H groups in total. The van der Waals surface area contributed by atoms with Gasteiger partial charge in [0.15, 0.2) is 17.4 Å². The lowest BCUT2D eigenvalue weighted by Gasteiger charge is -2.02. The molecule has 1 rings (SSSR count). The summed E-state index contributed by atoms with van der Waals surface area (Å²) in [6, 6.07) is 7.59. The van der Waals surface area contributed by atoms with Gasteiger partial charge in [0.2, 0.25) is 0 Å². The van der Waals surface area contributed by atoms with Crippen LogP contribution in [0.2, 0.25) is 0 Å². The van der Waals surface area contributed by atoms with E-state index in [2.05, 4.69) is 6.92 Å². The second kappa shape index (κ2) is 10.7. The summed E-state index contributed by atoms with van der Waals surface area (Å²) >= 11 is 0. The van der Waals surface area contributed by atoms with Gasteiger partial charge in [-0.05, 0) is 30.5 Å². The van der Waals surface area contributed by atoms with E-state index in [1.165, 1.54) is 50.5 Å². The van der Waals surface area contributed by atoms with E-state index < -0.39 is 0 Å². The molecule has 0 atom stereocenters. The number of unbranched alkanes of at least 4 members (excludes halogenated alkanes) is 6. The van der Waals surface area contributed by atoms with Crippen LogP contribution >= 0.6 is 0 Å². The van der Waals surface area contributed by atoms with Crippen LogP contribution in [0.4, 0.5) is 0 Å². The predicted octanol–water partition coefficient (Wildman–Crippen LogP) is 3.50. The van der Waals surface area contributed by atoms with E-state index in [-0.39, 0.29) is 17.4 Å². The van der Waals surface area contributed by atoms with Gasteiger partial charge in [-0.2, -0.15) is 0 Å². The van der Waals surface area contributed by atoms with Gasteiger partial charge in [-0.25, -0.2) is 0 Å². The molecule has 1 aromatic rings. The number of rotatable bonds is 8. The van der Waals surface area contributed by atoms with E-state index in [4.69, 9.17) is 5.11 Å². The van der Waals surface area contributed by atoms with Crippen molar-refractivity contribution in [3.05, 3.63) is 29.8 Å². The van der Waals surface area contributed by atoms with E-state index in [1.54, 1.807) is 12.1 Å². The van der Waals surface area contributed by atoms with Crippen LogP contribution in [0.25, 0.3) is 0 Å². The fourth-order valence-electron chi connectivity index (χ4n) is 1.95. The van der Waals surface area contributed by atoms with Crippen LogP contribution in [0.5, 0.6) is 5.75 Å². The highest BCUT2D eigenvalue weighted by atomic mass is 27.0. The SMILES string of the molecule is CCCCCCCCCc1ccc(O)cc1.[AlH3]. The van der Waals surface area contributed by atoms with Crippen LogP contribution in [0.1, 0.15) is 57.4 Å². The normalized spacial score (nSPS) is 9.94. The topological polar surface area (TPSA) is 20.2 Å². The number of hydrogen-bond acceptors (Lipinski definition) is 1. The molecule has 0 spiro atoms. The predicted molar refractivity (Wildman–Crippen MR) is 79.7 cm³/mol. The lowest BCUT2D eigenvalue weighted by atomic mass is 10.0. The van der Waals surface area contributed by atoms with Crippen molar-refractivity contribution in [1.82, 2.24) is 0 Å². The average Bonchev–Trinajstić information content (AvgIpc) is 2.30. The van der Waals surface area contributed by atoms with Gasteiger partial charge in [0.25, 0.3) is 0 Å². The van der Waals surface area contributed by atoms with E-state index in [0.29, 0.717) is 5.75 Å². The summed E-state index contributed by atoms with van der Waals surface area (Å²) < 4.78 is 0. The summed E-state index contributed by atoms with van der Waals surface area (Å²) in [5, 5.41) is 9.15. The van der Waals surface area contributed by atoms with E-state index >= 15 is 0 Å². The Kier molecular flexibility index (Phi) is 10.4. The first-order valence-electron chi connectivity index (χ1n) is 6.61. The molecule has 0 bridgehead atoms. The molecular weight excluding hydrogens is 223 g/mol. The molecule has 0 aromatic heterocycles. The van der Waals surface area contributed by atoms with Gasteiger partial charge in [0.1, 0.15) is 5.75 Å². The zero-order valence-corrected chi connectivity index (χ0v) is 10.4. The van der Waals surface area contributed by atoms with Gasteiger partial charge >= 0.3 is 0 Å². The molecule has 0 amide bonds. The zero-order valence-electron chi connectivity index (χ0n) is 10.4. The molecule has 0 unspecified atom stereocenters. The minimum absolute atomic E-state index is 0. The van der Waals surface area contributed by atoms with Crippen molar-refractivity contribution in [3.63, 3.8) is 0 Å². The Balaban J connectivity index is 0.00000256. The molecule has 2 heteroatoms. The number of phenolic OH excluding ortho intramolecular Hbond substituents is 1. The first-order chi connectivity index (χ1) is 7.83. The van der Waals surface area contributed by atoms with Gasteiger partial charge in [0, 0.05) is 0 Å². The van der Waals surface area contributed by atoms with Crippen molar-refractivity contribution in [3.8, 4) is 5.75 Å². The third kappa shape index (κ3) is 8.30. The molecule has 96 valence electrons. The molecule has 0 saturated carbocycles. The standard InChI is InChI=1S/C15H24O.Al.3H/c1-2-3-4-5-6-7-8-9-14-10-12-15(16)13-11-14;;;;/h10-13,16H,2-9H2,1H3;;;;. The van der Waals surface area contributed by atoms with Crippen molar-refractivity contribution in [2.75, 3.05) is 0 Å². The molecule has 0 aliphatic rings. The summed E-state index contributed by atoms with van der Waals surface area (Å²) in [5.74, 6) is 0.364. The molecule has 17 heavy (non-hydrogen) atoms. The number of phenols is 1. The van der Waals surface area contributed by atoms with Gasteiger partial charge < -0.3 is 5.11 Å².